The summed E-state index contributed by atoms with van der Waals surface area (Å²) in [6.07, 6.45) is 3.95. The van der Waals surface area contributed by atoms with Crippen molar-refractivity contribution < 1.29 is 4.79 Å². The smallest absolute Gasteiger partial charge is 0.221 e. The third-order valence-electron chi connectivity index (χ3n) is 4.88. The molecule has 1 saturated heterocycles. The van der Waals surface area contributed by atoms with Gasteiger partial charge in [0, 0.05) is 30.4 Å². The third kappa shape index (κ3) is 8.65. The van der Waals surface area contributed by atoms with Gasteiger partial charge in [0.15, 0.2) is 5.96 Å². The van der Waals surface area contributed by atoms with Gasteiger partial charge in [-0.05, 0) is 57.6 Å². The summed E-state index contributed by atoms with van der Waals surface area (Å²) in [5, 5.41) is 11.7. The number of nitrogens with one attached hydrogen (secondary N) is 3. The van der Waals surface area contributed by atoms with E-state index in [9.17, 15) is 4.79 Å². The van der Waals surface area contributed by atoms with E-state index in [4.69, 9.17) is 4.99 Å². The van der Waals surface area contributed by atoms with Crippen LogP contribution < -0.4 is 16.0 Å². The van der Waals surface area contributed by atoms with Crippen LogP contribution in [0.2, 0.25) is 0 Å². The fourth-order valence-electron chi connectivity index (χ4n) is 3.18. The number of halogens is 1. The van der Waals surface area contributed by atoms with Gasteiger partial charge in [-0.3, -0.25) is 14.7 Å². The van der Waals surface area contributed by atoms with Crippen molar-refractivity contribution in [2.24, 2.45) is 4.99 Å². The van der Waals surface area contributed by atoms with E-state index in [2.05, 4.69) is 52.2 Å². The minimum atomic E-state index is 0. The molecule has 1 fully saturated rings. The molecule has 1 aromatic heterocycles. The Morgan fingerprint density at radius 3 is 2.64 bits per heavy atom. The molecule has 0 spiro atoms. The summed E-state index contributed by atoms with van der Waals surface area (Å²) in [5.41, 5.74) is 0. The zero-order chi connectivity index (χ0) is 19.5. The van der Waals surface area contributed by atoms with Crippen molar-refractivity contribution in [3.8, 4) is 0 Å². The second-order valence-corrected chi connectivity index (χ2v) is 8.03. The monoisotopic (exact) mass is 521 g/mol. The number of thiophene rings is 1. The molecular formula is C20H36IN5OS. The molecule has 2 unspecified atom stereocenters. The number of amides is 1. The lowest BCUT2D eigenvalue weighted by Gasteiger charge is -2.25. The number of likely N-dealkylation sites (tertiary alicyclic amines) is 1. The van der Waals surface area contributed by atoms with Crippen molar-refractivity contribution in [3.05, 3.63) is 22.4 Å². The highest BCUT2D eigenvalue weighted by Gasteiger charge is 2.24. The van der Waals surface area contributed by atoms with E-state index in [0.29, 0.717) is 19.0 Å². The van der Waals surface area contributed by atoms with Crippen molar-refractivity contribution in [1.29, 1.82) is 0 Å². The van der Waals surface area contributed by atoms with Gasteiger partial charge >= 0.3 is 0 Å². The van der Waals surface area contributed by atoms with Gasteiger partial charge in [-0.1, -0.05) is 13.0 Å². The van der Waals surface area contributed by atoms with E-state index in [1.165, 1.54) is 17.7 Å². The molecule has 0 aliphatic carbocycles. The Bertz CT molecular complexity index is 575. The maximum Gasteiger partial charge on any atom is 0.221 e. The van der Waals surface area contributed by atoms with Crippen LogP contribution in [0, 0.1) is 0 Å². The van der Waals surface area contributed by atoms with Crippen LogP contribution in [0.3, 0.4) is 0 Å². The minimum absolute atomic E-state index is 0. The first-order chi connectivity index (χ1) is 13.1. The molecule has 160 valence electrons. The summed E-state index contributed by atoms with van der Waals surface area (Å²) in [6, 6.07) is 4.90. The van der Waals surface area contributed by atoms with Gasteiger partial charge in [0.1, 0.15) is 0 Å². The fraction of sp³-hybridized carbons (Fsp3) is 0.700. The molecule has 1 aliphatic rings. The van der Waals surface area contributed by atoms with Gasteiger partial charge in [-0.25, -0.2) is 0 Å². The average Bonchev–Trinajstić information content (AvgIpc) is 3.36. The Kier molecular flexibility index (Phi) is 12.7. The van der Waals surface area contributed by atoms with E-state index < -0.39 is 0 Å². The molecule has 0 bridgehead atoms. The molecule has 2 atom stereocenters. The summed E-state index contributed by atoms with van der Waals surface area (Å²) in [7, 11) is 0. The lowest BCUT2D eigenvalue weighted by molar-refractivity contribution is -0.121. The number of hydrogen-bond donors (Lipinski definition) is 3. The quantitative estimate of drug-likeness (QED) is 0.251. The van der Waals surface area contributed by atoms with Gasteiger partial charge in [0.2, 0.25) is 5.91 Å². The Labute approximate surface area is 191 Å². The zero-order valence-electron chi connectivity index (χ0n) is 17.4. The van der Waals surface area contributed by atoms with Crippen LogP contribution in [-0.4, -0.2) is 55.5 Å². The van der Waals surface area contributed by atoms with Crippen LogP contribution in [0.5, 0.6) is 0 Å². The lowest BCUT2D eigenvalue weighted by atomic mass is 10.2. The number of aliphatic imine (C=N–C) groups is 1. The molecule has 6 nitrogen and oxygen atoms in total. The van der Waals surface area contributed by atoms with Crippen LogP contribution in [0.25, 0.3) is 0 Å². The van der Waals surface area contributed by atoms with Crippen LogP contribution in [0.15, 0.2) is 22.5 Å². The molecule has 1 amide bonds. The molecule has 1 aliphatic heterocycles. The molecule has 0 radical (unpaired) electrons. The molecule has 0 aromatic carbocycles. The summed E-state index contributed by atoms with van der Waals surface area (Å²) in [5.74, 6) is 0.871. The third-order valence-corrected chi connectivity index (χ3v) is 5.86. The second kappa shape index (κ2) is 14.2. The molecule has 28 heavy (non-hydrogen) atoms. The lowest BCUT2D eigenvalue weighted by Crippen LogP contribution is -2.41. The Morgan fingerprint density at radius 1 is 1.29 bits per heavy atom. The highest BCUT2D eigenvalue weighted by Crippen LogP contribution is 2.28. The summed E-state index contributed by atoms with van der Waals surface area (Å²) >= 11 is 1.81. The summed E-state index contributed by atoms with van der Waals surface area (Å²) < 4.78 is 0. The van der Waals surface area contributed by atoms with E-state index in [0.717, 1.165) is 38.6 Å². The first-order valence-corrected chi connectivity index (χ1v) is 11.1. The minimum Gasteiger partial charge on any atom is -0.357 e. The van der Waals surface area contributed by atoms with Crippen molar-refractivity contribution >= 4 is 47.2 Å². The Balaban J connectivity index is 0.00000392. The molecule has 3 N–H and O–H groups in total. The first-order valence-electron chi connectivity index (χ1n) is 10.2. The Hall–Kier alpha value is -0.870. The Morgan fingerprint density at radius 2 is 2.04 bits per heavy atom. The predicted octanol–water partition coefficient (Wildman–Crippen LogP) is 3.36. The normalized spacial score (nSPS) is 16.9. The van der Waals surface area contributed by atoms with Gasteiger partial charge < -0.3 is 16.0 Å². The average molecular weight is 522 g/mol. The maximum atomic E-state index is 11.9. The predicted molar refractivity (Wildman–Crippen MR) is 130 cm³/mol. The van der Waals surface area contributed by atoms with Crippen molar-refractivity contribution in [2.45, 2.75) is 58.5 Å². The number of rotatable bonds is 10. The van der Waals surface area contributed by atoms with Crippen molar-refractivity contribution in [1.82, 2.24) is 20.9 Å². The van der Waals surface area contributed by atoms with E-state index >= 15 is 0 Å². The largest absolute Gasteiger partial charge is 0.357 e. The molecule has 0 saturated carbocycles. The van der Waals surface area contributed by atoms with Crippen molar-refractivity contribution in [2.75, 3.05) is 32.7 Å². The van der Waals surface area contributed by atoms with E-state index in [1.54, 1.807) is 0 Å². The second-order valence-electron chi connectivity index (χ2n) is 7.05. The van der Waals surface area contributed by atoms with Gasteiger partial charge in [-0.2, -0.15) is 0 Å². The van der Waals surface area contributed by atoms with Crippen LogP contribution >= 0.6 is 35.3 Å². The van der Waals surface area contributed by atoms with Crippen LogP contribution in [0.1, 0.15) is 57.4 Å². The summed E-state index contributed by atoms with van der Waals surface area (Å²) in [6.45, 7) is 10.6. The fourth-order valence-corrected chi connectivity index (χ4v) is 4.03. The topological polar surface area (TPSA) is 68.8 Å². The highest BCUT2D eigenvalue weighted by molar-refractivity contribution is 14.0. The molecule has 8 heteroatoms. The summed E-state index contributed by atoms with van der Waals surface area (Å²) in [4.78, 5) is 20.7. The zero-order valence-corrected chi connectivity index (χ0v) is 20.5. The van der Waals surface area contributed by atoms with Gasteiger partial charge in [0.05, 0.1) is 12.6 Å². The van der Waals surface area contributed by atoms with Crippen molar-refractivity contribution in [3.63, 3.8) is 0 Å². The number of guanidine groups is 1. The number of hydrogen-bond acceptors (Lipinski definition) is 4. The number of nitrogens with zero attached hydrogens (tertiary/aromatic N) is 2. The highest BCUT2D eigenvalue weighted by atomic mass is 127. The van der Waals surface area contributed by atoms with Crippen LogP contribution in [-0.2, 0) is 4.79 Å². The van der Waals surface area contributed by atoms with E-state index in [1.807, 2.05) is 18.3 Å². The number of carbonyl (C=O) groups excluding carboxylic acids is 1. The molecule has 2 rings (SSSR count). The van der Waals surface area contributed by atoms with E-state index in [-0.39, 0.29) is 35.9 Å². The standard InChI is InChI=1S/C20H35N5OS.HI/c1-4-16(3)24-19(26)10-11-22-20(21-5-2)23-15-17(18-9-8-14-27-18)25-12-6-7-13-25;/h8-9,14,16-17H,4-7,10-13,15H2,1-3H3,(H,24,26)(H2,21,22,23);1H. The van der Waals surface area contributed by atoms with Gasteiger partial charge in [0.25, 0.3) is 0 Å². The van der Waals surface area contributed by atoms with Crippen LogP contribution in [0.4, 0.5) is 0 Å². The molecule has 1 aromatic rings. The molecular weight excluding hydrogens is 485 g/mol. The number of carbonyl (C=O) groups is 1. The SMILES string of the molecule is CCNC(=NCC(c1cccs1)N1CCCC1)NCCC(=O)NC(C)CC.I. The van der Waals surface area contributed by atoms with Gasteiger partial charge in [-0.15, -0.1) is 35.3 Å². The first kappa shape index (κ1) is 25.2. The maximum absolute atomic E-state index is 11.9. The molecule has 2 heterocycles.